The van der Waals surface area contributed by atoms with Crippen molar-refractivity contribution in [1.29, 1.82) is 0 Å². The second kappa shape index (κ2) is 7.78. The van der Waals surface area contributed by atoms with Crippen LogP contribution < -0.4 is 15.1 Å². The zero-order chi connectivity index (χ0) is 16.8. The summed E-state index contributed by atoms with van der Waals surface area (Å²) in [5.74, 6) is 0.167. The van der Waals surface area contributed by atoms with E-state index in [0.717, 1.165) is 15.7 Å². The number of benzene rings is 2. The number of carbonyl (C=O) groups is 1. The predicted octanol–water partition coefficient (Wildman–Crippen LogP) is 3.29. The highest BCUT2D eigenvalue weighted by Gasteiger charge is 2.11. The molecular formula is C17H18BrN3O2. The first kappa shape index (κ1) is 17.0. The van der Waals surface area contributed by atoms with Gasteiger partial charge in [0.25, 0.3) is 5.91 Å². The number of hydrazone groups is 1. The fourth-order valence-corrected chi connectivity index (χ4v) is 2.30. The van der Waals surface area contributed by atoms with Crippen molar-refractivity contribution in [2.75, 3.05) is 26.1 Å². The molecule has 2 aromatic carbocycles. The van der Waals surface area contributed by atoms with Crippen molar-refractivity contribution in [3.63, 3.8) is 0 Å². The molecule has 0 heterocycles. The van der Waals surface area contributed by atoms with Crippen LogP contribution in [0.1, 0.15) is 15.9 Å². The highest BCUT2D eigenvalue weighted by molar-refractivity contribution is 9.10. The zero-order valence-corrected chi connectivity index (χ0v) is 14.8. The van der Waals surface area contributed by atoms with Crippen molar-refractivity contribution >= 4 is 33.7 Å². The molecule has 0 saturated heterocycles. The lowest BCUT2D eigenvalue weighted by Gasteiger charge is -2.11. The smallest absolute Gasteiger partial charge is 0.275 e. The number of hydrogen-bond acceptors (Lipinski definition) is 4. The fourth-order valence-electron chi connectivity index (χ4n) is 1.94. The molecule has 0 fully saturated rings. The number of methoxy groups -OCH3 is 1. The summed E-state index contributed by atoms with van der Waals surface area (Å²) >= 11 is 3.34. The lowest BCUT2D eigenvalue weighted by molar-refractivity contribution is 0.0952. The minimum absolute atomic E-state index is 0.329. The zero-order valence-electron chi connectivity index (χ0n) is 13.2. The maximum Gasteiger partial charge on any atom is 0.275 e. The van der Waals surface area contributed by atoms with Gasteiger partial charge < -0.3 is 9.64 Å². The molecule has 0 aliphatic carbocycles. The molecule has 0 atom stereocenters. The van der Waals surface area contributed by atoms with Crippen LogP contribution in [-0.2, 0) is 0 Å². The molecule has 23 heavy (non-hydrogen) atoms. The van der Waals surface area contributed by atoms with Crippen molar-refractivity contribution in [2.45, 2.75) is 0 Å². The Labute approximate surface area is 144 Å². The predicted molar refractivity (Wildman–Crippen MR) is 96.5 cm³/mol. The van der Waals surface area contributed by atoms with E-state index < -0.39 is 0 Å². The van der Waals surface area contributed by atoms with Crippen LogP contribution in [0.5, 0.6) is 5.75 Å². The van der Waals surface area contributed by atoms with Gasteiger partial charge in [-0.2, -0.15) is 5.10 Å². The van der Waals surface area contributed by atoms with E-state index in [-0.39, 0.29) is 5.91 Å². The molecule has 6 heteroatoms. The van der Waals surface area contributed by atoms with Crippen molar-refractivity contribution in [3.8, 4) is 5.75 Å². The summed E-state index contributed by atoms with van der Waals surface area (Å²) < 4.78 is 5.98. The highest BCUT2D eigenvalue weighted by Crippen LogP contribution is 2.22. The van der Waals surface area contributed by atoms with Gasteiger partial charge in [0.2, 0.25) is 0 Å². The van der Waals surface area contributed by atoms with Crippen molar-refractivity contribution in [1.82, 2.24) is 5.43 Å². The number of ether oxygens (including phenoxy) is 1. The summed E-state index contributed by atoms with van der Waals surface area (Å²) in [6.45, 7) is 0. The summed E-state index contributed by atoms with van der Waals surface area (Å²) in [4.78, 5) is 14.2. The number of amides is 1. The Hall–Kier alpha value is -2.34. The Morgan fingerprint density at radius 3 is 2.52 bits per heavy atom. The topological polar surface area (TPSA) is 53.9 Å². The number of halogens is 1. The van der Waals surface area contributed by atoms with Crippen LogP contribution in [0.25, 0.3) is 0 Å². The van der Waals surface area contributed by atoms with Gasteiger partial charge in [0.1, 0.15) is 5.75 Å². The fraction of sp³-hybridized carbons (Fsp3) is 0.176. The Morgan fingerprint density at radius 2 is 1.91 bits per heavy atom. The van der Waals surface area contributed by atoms with E-state index in [0.29, 0.717) is 11.3 Å². The van der Waals surface area contributed by atoms with Gasteiger partial charge in [0.15, 0.2) is 0 Å². The van der Waals surface area contributed by atoms with Crippen molar-refractivity contribution in [3.05, 3.63) is 58.1 Å². The van der Waals surface area contributed by atoms with Gasteiger partial charge in [-0.05, 0) is 35.9 Å². The summed E-state index contributed by atoms with van der Waals surface area (Å²) in [6, 6.07) is 13.1. The molecule has 0 aliphatic rings. The van der Waals surface area contributed by atoms with E-state index >= 15 is 0 Å². The molecule has 0 saturated carbocycles. The lowest BCUT2D eigenvalue weighted by Crippen LogP contribution is -2.18. The Morgan fingerprint density at radius 1 is 1.22 bits per heavy atom. The largest absolute Gasteiger partial charge is 0.496 e. The average molecular weight is 376 g/mol. The van der Waals surface area contributed by atoms with Crippen molar-refractivity contribution in [2.24, 2.45) is 5.10 Å². The third-order valence-corrected chi connectivity index (χ3v) is 3.69. The van der Waals surface area contributed by atoms with E-state index in [1.807, 2.05) is 49.3 Å². The lowest BCUT2D eigenvalue weighted by atomic mass is 10.2. The molecule has 0 aromatic heterocycles. The normalized spacial score (nSPS) is 10.6. The standard InChI is InChI=1S/C17H18BrN3O2/c1-21(2)14-7-4-12(5-8-14)11-19-20-17(22)15-10-13(18)6-9-16(15)23-3/h4-11H,1-3H3,(H,20,22)/b19-11-. The Balaban J connectivity index is 2.05. The van der Waals surface area contributed by atoms with E-state index in [1.165, 1.54) is 7.11 Å². The van der Waals surface area contributed by atoms with Crippen LogP contribution in [0.2, 0.25) is 0 Å². The van der Waals surface area contributed by atoms with E-state index in [1.54, 1.807) is 18.3 Å². The van der Waals surface area contributed by atoms with Crippen LogP contribution >= 0.6 is 15.9 Å². The molecule has 2 rings (SSSR count). The maximum atomic E-state index is 12.2. The minimum Gasteiger partial charge on any atom is -0.496 e. The number of anilines is 1. The number of carbonyl (C=O) groups excluding carboxylic acids is 1. The van der Waals surface area contributed by atoms with Gasteiger partial charge in [-0.3, -0.25) is 4.79 Å². The SMILES string of the molecule is COc1ccc(Br)cc1C(=O)N/N=C\c1ccc(N(C)C)cc1. The van der Waals surface area contributed by atoms with Crippen LogP contribution in [0.4, 0.5) is 5.69 Å². The van der Waals surface area contributed by atoms with Gasteiger partial charge in [0.05, 0.1) is 18.9 Å². The molecule has 0 unspecified atom stereocenters. The summed E-state index contributed by atoms with van der Waals surface area (Å²) in [5.41, 5.74) is 4.93. The van der Waals surface area contributed by atoms with E-state index in [9.17, 15) is 4.79 Å². The monoisotopic (exact) mass is 375 g/mol. The van der Waals surface area contributed by atoms with Gasteiger partial charge in [-0.15, -0.1) is 0 Å². The second-order valence-corrected chi connectivity index (χ2v) is 5.95. The Kier molecular flexibility index (Phi) is 5.76. The third kappa shape index (κ3) is 4.56. The first-order valence-electron chi connectivity index (χ1n) is 6.95. The average Bonchev–Trinajstić information content (AvgIpc) is 2.55. The second-order valence-electron chi connectivity index (χ2n) is 5.03. The molecule has 0 radical (unpaired) electrons. The van der Waals surface area contributed by atoms with Crippen LogP contribution in [0, 0.1) is 0 Å². The number of nitrogens with zero attached hydrogens (tertiary/aromatic N) is 2. The summed E-state index contributed by atoms with van der Waals surface area (Å²) in [5, 5.41) is 3.99. The third-order valence-electron chi connectivity index (χ3n) is 3.20. The van der Waals surface area contributed by atoms with Gasteiger partial charge in [0, 0.05) is 24.3 Å². The number of rotatable bonds is 5. The minimum atomic E-state index is -0.329. The molecular weight excluding hydrogens is 358 g/mol. The molecule has 1 N–H and O–H groups in total. The van der Waals surface area contributed by atoms with Gasteiger partial charge in [-0.1, -0.05) is 28.1 Å². The first-order chi connectivity index (χ1) is 11.0. The number of nitrogens with one attached hydrogen (secondary N) is 1. The molecule has 0 spiro atoms. The quantitative estimate of drug-likeness (QED) is 0.644. The summed E-state index contributed by atoms with van der Waals surface area (Å²) in [7, 11) is 5.49. The van der Waals surface area contributed by atoms with Gasteiger partial charge in [-0.25, -0.2) is 5.43 Å². The molecule has 5 nitrogen and oxygen atoms in total. The molecule has 0 aliphatic heterocycles. The van der Waals surface area contributed by atoms with Crippen LogP contribution in [0.15, 0.2) is 52.0 Å². The molecule has 2 aromatic rings. The Bertz CT molecular complexity index is 712. The van der Waals surface area contributed by atoms with E-state index in [2.05, 4.69) is 26.5 Å². The van der Waals surface area contributed by atoms with Crippen molar-refractivity contribution < 1.29 is 9.53 Å². The van der Waals surface area contributed by atoms with Crippen LogP contribution in [-0.4, -0.2) is 33.3 Å². The molecule has 0 bridgehead atoms. The van der Waals surface area contributed by atoms with E-state index in [4.69, 9.17) is 4.74 Å². The number of hydrogen-bond donors (Lipinski definition) is 1. The highest BCUT2D eigenvalue weighted by atomic mass is 79.9. The molecule has 120 valence electrons. The maximum absolute atomic E-state index is 12.2. The first-order valence-corrected chi connectivity index (χ1v) is 7.75. The summed E-state index contributed by atoms with van der Waals surface area (Å²) in [6.07, 6.45) is 1.60. The molecule has 1 amide bonds. The van der Waals surface area contributed by atoms with Gasteiger partial charge >= 0.3 is 0 Å². The van der Waals surface area contributed by atoms with Crippen LogP contribution in [0.3, 0.4) is 0 Å².